The number of hydrogen-bond donors (Lipinski definition) is 0. The van der Waals surface area contributed by atoms with Crippen LogP contribution in [0.2, 0.25) is 0 Å². The molecule has 0 bridgehead atoms. The van der Waals surface area contributed by atoms with Gasteiger partial charge in [-0.25, -0.2) is 4.79 Å². The maximum absolute atomic E-state index is 13.3. The molecule has 1 unspecified atom stereocenters. The standard InChI is InChI=1S/C28H32N4O3/c1-20-25(27(34)29(2)28(35)32(20)24-11-7-4-8-12-24)30-16-13-22(14-17-30)26(33)31-18-15-23(19-31)21-9-5-3-6-10-21/h3-12,22-23H,13-19H2,1-2H3. The Hall–Kier alpha value is -3.61. The molecule has 2 aliphatic rings. The van der Waals surface area contributed by atoms with E-state index in [2.05, 4.69) is 29.2 Å². The molecule has 1 aromatic heterocycles. The number of anilines is 1. The molecule has 0 spiro atoms. The van der Waals surface area contributed by atoms with Crippen molar-refractivity contribution in [1.82, 2.24) is 14.0 Å². The van der Waals surface area contributed by atoms with Crippen molar-refractivity contribution in [3.63, 3.8) is 0 Å². The van der Waals surface area contributed by atoms with Crippen LogP contribution in [0.4, 0.5) is 5.69 Å². The van der Waals surface area contributed by atoms with E-state index in [9.17, 15) is 14.4 Å². The molecule has 2 saturated heterocycles. The van der Waals surface area contributed by atoms with E-state index in [0.717, 1.165) is 25.2 Å². The third kappa shape index (κ3) is 4.31. The van der Waals surface area contributed by atoms with E-state index >= 15 is 0 Å². The summed E-state index contributed by atoms with van der Waals surface area (Å²) >= 11 is 0. The normalized spacial score (nSPS) is 18.7. The second-order valence-electron chi connectivity index (χ2n) is 9.69. The fourth-order valence-electron chi connectivity index (χ4n) is 5.61. The largest absolute Gasteiger partial charge is 0.366 e. The first-order valence-corrected chi connectivity index (χ1v) is 12.4. The van der Waals surface area contributed by atoms with Crippen molar-refractivity contribution < 1.29 is 4.79 Å². The van der Waals surface area contributed by atoms with E-state index < -0.39 is 0 Å². The van der Waals surface area contributed by atoms with E-state index in [1.54, 1.807) is 4.57 Å². The molecule has 2 aromatic carbocycles. The van der Waals surface area contributed by atoms with Crippen molar-refractivity contribution in [3.05, 3.63) is 92.8 Å². The summed E-state index contributed by atoms with van der Waals surface area (Å²) in [7, 11) is 1.53. The number of aromatic nitrogens is 2. The van der Waals surface area contributed by atoms with Gasteiger partial charge in [-0.1, -0.05) is 48.5 Å². The summed E-state index contributed by atoms with van der Waals surface area (Å²) in [5.74, 6) is 0.622. The van der Waals surface area contributed by atoms with E-state index in [1.807, 2.05) is 48.2 Å². The Morgan fingerprint density at radius 2 is 1.49 bits per heavy atom. The van der Waals surface area contributed by atoms with Gasteiger partial charge in [0.05, 0.1) is 11.4 Å². The molecule has 7 nitrogen and oxygen atoms in total. The van der Waals surface area contributed by atoms with Crippen LogP contribution in [0.15, 0.2) is 70.3 Å². The van der Waals surface area contributed by atoms with Gasteiger partial charge in [0.25, 0.3) is 5.56 Å². The Bertz CT molecular complexity index is 1320. The fourth-order valence-corrected chi connectivity index (χ4v) is 5.61. The van der Waals surface area contributed by atoms with Crippen molar-refractivity contribution in [2.24, 2.45) is 13.0 Å². The van der Waals surface area contributed by atoms with Crippen LogP contribution in [0.3, 0.4) is 0 Å². The minimum Gasteiger partial charge on any atom is -0.366 e. The first-order chi connectivity index (χ1) is 17.0. The molecular weight excluding hydrogens is 440 g/mol. The van der Waals surface area contributed by atoms with Gasteiger partial charge in [0.15, 0.2) is 0 Å². The number of nitrogens with zero attached hydrogens (tertiary/aromatic N) is 4. The number of carbonyl (C=O) groups excluding carboxylic acids is 1. The zero-order chi connectivity index (χ0) is 24.5. The Morgan fingerprint density at radius 3 is 2.14 bits per heavy atom. The van der Waals surface area contributed by atoms with E-state index in [4.69, 9.17) is 0 Å². The number of amides is 1. The van der Waals surface area contributed by atoms with Gasteiger partial charge < -0.3 is 9.80 Å². The maximum Gasteiger partial charge on any atom is 0.335 e. The van der Waals surface area contributed by atoms with Gasteiger partial charge in [-0.3, -0.25) is 18.7 Å². The smallest absolute Gasteiger partial charge is 0.335 e. The lowest BCUT2D eigenvalue weighted by Gasteiger charge is -2.35. The molecule has 0 aliphatic carbocycles. The molecule has 2 aliphatic heterocycles. The van der Waals surface area contributed by atoms with Gasteiger partial charge >= 0.3 is 5.69 Å². The van der Waals surface area contributed by atoms with Gasteiger partial charge in [-0.2, -0.15) is 0 Å². The highest BCUT2D eigenvalue weighted by molar-refractivity contribution is 5.79. The lowest BCUT2D eigenvalue weighted by Crippen LogP contribution is -2.47. The molecule has 2 fully saturated rings. The van der Waals surface area contributed by atoms with Crippen LogP contribution in [0.25, 0.3) is 5.69 Å². The van der Waals surface area contributed by atoms with Crippen LogP contribution >= 0.6 is 0 Å². The van der Waals surface area contributed by atoms with E-state index in [-0.39, 0.29) is 23.1 Å². The lowest BCUT2D eigenvalue weighted by molar-refractivity contribution is -0.135. The minimum absolute atomic E-state index is 0.0232. The highest BCUT2D eigenvalue weighted by atomic mass is 16.2. The number of rotatable bonds is 4. The molecule has 0 saturated carbocycles. The Labute approximate surface area is 205 Å². The van der Waals surface area contributed by atoms with Gasteiger partial charge in [0.1, 0.15) is 5.69 Å². The Balaban J connectivity index is 1.31. The Morgan fingerprint density at radius 1 is 0.857 bits per heavy atom. The zero-order valence-corrected chi connectivity index (χ0v) is 20.4. The average Bonchev–Trinajstić information content (AvgIpc) is 3.39. The van der Waals surface area contributed by atoms with Crippen molar-refractivity contribution in [1.29, 1.82) is 0 Å². The van der Waals surface area contributed by atoms with Crippen LogP contribution in [0, 0.1) is 12.8 Å². The lowest BCUT2D eigenvalue weighted by atomic mass is 9.94. The summed E-state index contributed by atoms with van der Waals surface area (Å²) in [5.41, 5.74) is 2.59. The van der Waals surface area contributed by atoms with Crippen LogP contribution in [-0.2, 0) is 11.8 Å². The quantitative estimate of drug-likeness (QED) is 0.585. The van der Waals surface area contributed by atoms with Crippen LogP contribution < -0.4 is 16.1 Å². The van der Waals surface area contributed by atoms with Gasteiger partial charge in [0.2, 0.25) is 5.91 Å². The summed E-state index contributed by atoms with van der Waals surface area (Å²) in [6, 6.07) is 19.8. The third-order valence-electron chi connectivity index (χ3n) is 7.61. The number of piperidine rings is 1. The van der Waals surface area contributed by atoms with Gasteiger partial charge in [-0.15, -0.1) is 0 Å². The van der Waals surface area contributed by atoms with Crippen molar-refractivity contribution in [3.8, 4) is 5.69 Å². The molecule has 1 amide bonds. The predicted molar refractivity (Wildman–Crippen MR) is 137 cm³/mol. The summed E-state index contributed by atoms with van der Waals surface area (Å²) in [6.07, 6.45) is 2.42. The van der Waals surface area contributed by atoms with Crippen molar-refractivity contribution in [2.45, 2.75) is 32.1 Å². The third-order valence-corrected chi connectivity index (χ3v) is 7.61. The average molecular weight is 473 g/mol. The molecule has 3 heterocycles. The van der Waals surface area contributed by atoms with Gasteiger partial charge in [-0.05, 0) is 43.9 Å². The van der Waals surface area contributed by atoms with E-state index in [0.29, 0.717) is 43.2 Å². The highest BCUT2D eigenvalue weighted by Gasteiger charge is 2.34. The highest BCUT2D eigenvalue weighted by Crippen LogP contribution is 2.31. The van der Waals surface area contributed by atoms with E-state index in [1.165, 1.54) is 17.2 Å². The molecule has 5 rings (SSSR count). The predicted octanol–water partition coefficient (Wildman–Crippen LogP) is 3.08. The van der Waals surface area contributed by atoms with Crippen LogP contribution in [0.1, 0.15) is 36.4 Å². The second-order valence-corrected chi connectivity index (χ2v) is 9.69. The second kappa shape index (κ2) is 9.56. The number of carbonyl (C=O) groups is 1. The van der Waals surface area contributed by atoms with Crippen molar-refractivity contribution in [2.75, 3.05) is 31.1 Å². The maximum atomic E-state index is 13.3. The van der Waals surface area contributed by atoms with Crippen molar-refractivity contribution >= 4 is 11.6 Å². The summed E-state index contributed by atoms with van der Waals surface area (Å²) in [4.78, 5) is 43.4. The molecule has 0 radical (unpaired) electrons. The molecule has 182 valence electrons. The zero-order valence-electron chi connectivity index (χ0n) is 20.4. The fraction of sp³-hybridized carbons (Fsp3) is 0.393. The number of para-hydroxylation sites is 1. The summed E-state index contributed by atoms with van der Waals surface area (Å²) < 4.78 is 2.78. The summed E-state index contributed by atoms with van der Waals surface area (Å²) in [5, 5.41) is 0. The van der Waals surface area contributed by atoms with Crippen LogP contribution in [0.5, 0.6) is 0 Å². The first-order valence-electron chi connectivity index (χ1n) is 12.4. The van der Waals surface area contributed by atoms with Crippen LogP contribution in [-0.4, -0.2) is 46.1 Å². The molecule has 35 heavy (non-hydrogen) atoms. The minimum atomic E-state index is -0.352. The summed E-state index contributed by atoms with van der Waals surface area (Å²) in [6.45, 7) is 4.66. The molecule has 1 atom stereocenters. The van der Waals surface area contributed by atoms with Gasteiger partial charge in [0, 0.05) is 45.1 Å². The topological polar surface area (TPSA) is 67.6 Å². The number of likely N-dealkylation sites (tertiary alicyclic amines) is 1. The molecule has 7 heteroatoms. The number of hydrogen-bond acceptors (Lipinski definition) is 4. The molecule has 0 N–H and O–H groups in total. The molecular formula is C28H32N4O3. The molecule has 3 aromatic rings. The first kappa shape index (κ1) is 23.1. The number of benzene rings is 2. The monoisotopic (exact) mass is 472 g/mol. The Kier molecular flexibility index (Phi) is 6.32. The SMILES string of the molecule is Cc1c(N2CCC(C(=O)N3CCC(c4ccccc4)C3)CC2)c(=O)n(C)c(=O)n1-c1ccccc1.